The highest BCUT2D eigenvalue weighted by molar-refractivity contribution is 7.86. The van der Waals surface area contributed by atoms with Gasteiger partial charge < -0.3 is 4.90 Å². The third-order valence-electron chi connectivity index (χ3n) is 8.16. The van der Waals surface area contributed by atoms with Gasteiger partial charge in [0, 0.05) is 40.7 Å². The first kappa shape index (κ1) is 28.7. The molecule has 218 valence electrons. The van der Waals surface area contributed by atoms with Crippen molar-refractivity contribution in [2.45, 2.75) is 45.3 Å². The largest absolute Gasteiger partial charge is 0.416 e. The van der Waals surface area contributed by atoms with Gasteiger partial charge >= 0.3 is 6.18 Å². The van der Waals surface area contributed by atoms with E-state index in [1.807, 2.05) is 62.7 Å². The standard InChI is InChI=1S/C33H30F3N6P/c1-22-29-31(42(39-22)19-11-18-37)38-21-28(30-32(2,3)26-16-8-9-17-27(26)41(30)4)43(29,25-14-6-5-7-15-25)40-24-13-10-12-23(20-24)33(34,35)36/h5-10,12-17,20-21H,11,19H2,1-4H3/b30-28-. The highest BCUT2D eigenvalue weighted by atomic mass is 31.2. The van der Waals surface area contributed by atoms with Gasteiger partial charge in [-0.25, -0.2) is 9.67 Å². The van der Waals surface area contributed by atoms with Crippen molar-refractivity contribution in [1.29, 1.82) is 5.26 Å². The lowest BCUT2D eigenvalue weighted by Crippen LogP contribution is -2.30. The molecule has 0 bridgehead atoms. The number of hydrogen-bond acceptors (Lipinski definition) is 5. The predicted octanol–water partition coefficient (Wildman–Crippen LogP) is 7.96. The molecule has 4 aromatic rings. The summed E-state index contributed by atoms with van der Waals surface area (Å²) in [5.41, 5.74) is 2.88. The van der Waals surface area contributed by atoms with Gasteiger partial charge in [0.2, 0.25) is 0 Å². The number of anilines is 1. The average Bonchev–Trinajstić information content (AvgIpc) is 3.42. The van der Waals surface area contributed by atoms with Crippen LogP contribution in [0, 0.1) is 18.3 Å². The Hall–Kier alpha value is -4.41. The van der Waals surface area contributed by atoms with Gasteiger partial charge in [0.1, 0.15) is 0 Å². The molecule has 2 aliphatic rings. The molecule has 0 N–H and O–H groups in total. The number of hydrogen-bond donors (Lipinski definition) is 0. The molecule has 0 amide bonds. The zero-order valence-corrected chi connectivity index (χ0v) is 25.2. The van der Waals surface area contributed by atoms with Gasteiger partial charge in [-0.15, -0.1) is 0 Å². The van der Waals surface area contributed by atoms with E-state index in [0.717, 1.165) is 45.0 Å². The minimum absolute atomic E-state index is 0.228. The lowest BCUT2D eigenvalue weighted by Gasteiger charge is -2.35. The van der Waals surface area contributed by atoms with Gasteiger partial charge in [0.25, 0.3) is 0 Å². The van der Waals surface area contributed by atoms with E-state index in [4.69, 9.17) is 14.8 Å². The molecule has 1 atom stereocenters. The maximum Gasteiger partial charge on any atom is 0.416 e. The van der Waals surface area contributed by atoms with Gasteiger partial charge in [0.05, 0.1) is 48.3 Å². The summed E-state index contributed by atoms with van der Waals surface area (Å²) in [6.07, 6.45) is -2.44. The second-order valence-corrected chi connectivity index (χ2v) is 14.1. The Balaban J connectivity index is 1.79. The van der Waals surface area contributed by atoms with Crippen LogP contribution in [0.3, 0.4) is 0 Å². The Morgan fingerprint density at radius 1 is 1.00 bits per heavy atom. The summed E-state index contributed by atoms with van der Waals surface area (Å²) < 4.78 is 48.8. The zero-order chi connectivity index (χ0) is 30.6. The van der Waals surface area contributed by atoms with Crippen LogP contribution in [0.15, 0.2) is 99.6 Å². The number of benzene rings is 3. The molecule has 2 aliphatic heterocycles. The molecular formula is C33H30F3N6P. The number of allylic oxidation sites excluding steroid dienone is 2. The molecule has 6 nitrogen and oxygen atoms in total. The molecule has 0 saturated heterocycles. The fourth-order valence-corrected chi connectivity index (χ4v) is 10.5. The molecule has 1 aromatic heterocycles. The number of aryl methyl sites for hydroxylation is 2. The van der Waals surface area contributed by atoms with Gasteiger partial charge in [-0.3, -0.25) is 4.74 Å². The molecule has 10 heteroatoms. The van der Waals surface area contributed by atoms with Crippen molar-refractivity contribution in [3.63, 3.8) is 0 Å². The van der Waals surface area contributed by atoms with Crippen LogP contribution in [0.25, 0.3) is 0 Å². The molecule has 6 rings (SSSR count). The van der Waals surface area contributed by atoms with E-state index in [2.05, 4.69) is 36.9 Å². The lowest BCUT2D eigenvalue weighted by molar-refractivity contribution is -0.137. The fraction of sp³-hybridized carbons (Fsp3) is 0.242. The molecule has 0 radical (unpaired) electrons. The Kier molecular flexibility index (Phi) is 6.94. The summed E-state index contributed by atoms with van der Waals surface area (Å²) in [7, 11) is -1.08. The second-order valence-electron chi connectivity index (χ2n) is 11.2. The highest BCUT2D eigenvalue weighted by Crippen LogP contribution is 2.64. The number of aromatic nitrogens is 2. The number of nitrogens with zero attached hydrogens (tertiary/aromatic N) is 6. The van der Waals surface area contributed by atoms with Gasteiger partial charge in [0.15, 0.2) is 5.82 Å². The lowest BCUT2D eigenvalue weighted by atomic mass is 9.84. The minimum atomic E-state index is -4.52. The fourth-order valence-electron chi connectivity index (χ4n) is 6.36. The van der Waals surface area contributed by atoms with Crippen molar-refractivity contribution in [3.05, 3.63) is 107 Å². The third-order valence-corrected chi connectivity index (χ3v) is 11.9. The SMILES string of the molecule is Cc1nn(CCC#N)c2c1P(=Nc1cccc(C(F)(F)F)c1)(c1ccccc1)/C(=C1\N(C)c3ccccc3C1(C)C)C=N2. The molecule has 3 heterocycles. The van der Waals surface area contributed by atoms with Crippen molar-refractivity contribution < 1.29 is 13.2 Å². The Morgan fingerprint density at radius 3 is 2.42 bits per heavy atom. The summed E-state index contributed by atoms with van der Waals surface area (Å²) in [5, 5.41) is 16.7. The van der Waals surface area contributed by atoms with Gasteiger partial charge in [-0.2, -0.15) is 23.5 Å². The highest BCUT2D eigenvalue weighted by Gasteiger charge is 2.47. The van der Waals surface area contributed by atoms with Crippen LogP contribution >= 0.6 is 7.05 Å². The number of halogens is 3. The van der Waals surface area contributed by atoms with E-state index < -0.39 is 24.2 Å². The molecule has 0 aliphatic carbocycles. The first-order valence-corrected chi connectivity index (χ1v) is 15.7. The normalized spacial score (nSPS) is 20.5. The van der Waals surface area contributed by atoms with Gasteiger partial charge in [-0.05, 0) is 36.8 Å². The number of rotatable bonds is 4. The zero-order valence-electron chi connectivity index (χ0n) is 24.3. The quantitative estimate of drug-likeness (QED) is 0.224. The van der Waals surface area contributed by atoms with Crippen LogP contribution in [-0.2, 0) is 18.1 Å². The summed E-state index contributed by atoms with van der Waals surface area (Å²) in [6, 6.07) is 25.4. The van der Waals surface area contributed by atoms with Crippen LogP contribution < -0.4 is 15.5 Å². The van der Waals surface area contributed by atoms with E-state index >= 15 is 0 Å². The van der Waals surface area contributed by atoms with Gasteiger partial charge in [-0.1, -0.05) is 68.4 Å². The van der Waals surface area contributed by atoms with E-state index in [0.29, 0.717) is 18.1 Å². The molecule has 0 spiro atoms. The predicted molar refractivity (Wildman–Crippen MR) is 166 cm³/mol. The monoisotopic (exact) mass is 598 g/mol. The maximum absolute atomic E-state index is 13.9. The molecule has 1 unspecified atom stereocenters. The van der Waals surface area contributed by atoms with E-state index in [9.17, 15) is 18.4 Å². The summed E-state index contributed by atoms with van der Waals surface area (Å²) in [6.45, 7) is 6.55. The third kappa shape index (κ3) is 4.52. The van der Waals surface area contributed by atoms with Crippen molar-refractivity contribution in [2.75, 3.05) is 11.9 Å². The maximum atomic E-state index is 13.9. The first-order chi connectivity index (χ1) is 20.5. The van der Waals surface area contributed by atoms with E-state index in [1.54, 1.807) is 10.7 Å². The smallest absolute Gasteiger partial charge is 0.346 e. The number of para-hydroxylation sites is 1. The number of nitriles is 1. The van der Waals surface area contributed by atoms with Crippen LogP contribution in [0.2, 0.25) is 0 Å². The Morgan fingerprint density at radius 2 is 1.72 bits per heavy atom. The molecule has 0 fully saturated rings. The van der Waals surface area contributed by atoms with Crippen LogP contribution in [-0.4, -0.2) is 23.0 Å². The van der Waals surface area contributed by atoms with Crippen LogP contribution in [0.4, 0.5) is 30.4 Å². The van der Waals surface area contributed by atoms with E-state index in [1.165, 1.54) is 6.07 Å². The molecular weight excluding hydrogens is 568 g/mol. The van der Waals surface area contributed by atoms with Crippen LogP contribution in [0.1, 0.15) is 37.1 Å². The molecule has 3 aromatic carbocycles. The summed E-state index contributed by atoms with van der Waals surface area (Å²) in [5.74, 6) is 0.584. The summed E-state index contributed by atoms with van der Waals surface area (Å²) in [4.78, 5) is 7.11. The minimum Gasteiger partial charge on any atom is -0.346 e. The topological polar surface area (TPSA) is 69.6 Å². The van der Waals surface area contributed by atoms with E-state index in [-0.39, 0.29) is 12.1 Å². The average molecular weight is 599 g/mol. The number of alkyl halides is 3. The van der Waals surface area contributed by atoms with Crippen molar-refractivity contribution in [3.8, 4) is 6.07 Å². The summed E-state index contributed by atoms with van der Waals surface area (Å²) >= 11 is 0. The number of fused-ring (bicyclic) bond motifs is 2. The number of aliphatic imine (C=N–C) groups is 1. The van der Waals surface area contributed by atoms with Crippen molar-refractivity contribution >= 4 is 41.1 Å². The second kappa shape index (κ2) is 10.4. The molecule has 43 heavy (non-hydrogen) atoms. The molecule has 0 saturated carbocycles. The number of likely N-dealkylation sites (N-methyl/N-ethyl adjacent to an activating group) is 1. The van der Waals surface area contributed by atoms with Crippen molar-refractivity contribution in [1.82, 2.24) is 9.78 Å². The Labute approximate surface area is 248 Å². The first-order valence-electron chi connectivity index (χ1n) is 13.9. The van der Waals surface area contributed by atoms with Crippen LogP contribution in [0.5, 0.6) is 0 Å². The Bertz CT molecular complexity index is 1890. The van der Waals surface area contributed by atoms with Crippen molar-refractivity contribution in [2.24, 2.45) is 9.74 Å².